The van der Waals surface area contributed by atoms with Gasteiger partial charge >= 0.3 is 0 Å². The number of hydrogen-bond donors (Lipinski definition) is 1. The van der Waals surface area contributed by atoms with Crippen LogP contribution in [0.3, 0.4) is 0 Å². The van der Waals surface area contributed by atoms with E-state index in [-0.39, 0.29) is 48.4 Å². The Labute approximate surface area is 230 Å². The Morgan fingerprint density at radius 1 is 1.10 bits per heavy atom. The molecule has 2 saturated heterocycles. The normalized spacial score (nSPS) is 19.2. The average Bonchev–Trinajstić information content (AvgIpc) is 3.55. The number of anilines is 1. The lowest BCUT2D eigenvalue weighted by Gasteiger charge is -2.29. The molecule has 3 aliphatic rings. The van der Waals surface area contributed by atoms with Gasteiger partial charge in [0, 0.05) is 37.0 Å². The van der Waals surface area contributed by atoms with Gasteiger partial charge in [-0.25, -0.2) is 13.8 Å². The van der Waals surface area contributed by atoms with Crippen molar-refractivity contribution in [3.63, 3.8) is 0 Å². The molecule has 6 rings (SSSR count). The summed E-state index contributed by atoms with van der Waals surface area (Å²) in [5.41, 5.74) is 1.12. The van der Waals surface area contributed by atoms with Gasteiger partial charge in [0.25, 0.3) is 5.91 Å². The molecular formula is C27H23F3N4O5S. The Bertz CT molecular complexity index is 1520. The van der Waals surface area contributed by atoms with Crippen molar-refractivity contribution < 1.29 is 37.0 Å². The van der Waals surface area contributed by atoms with Crippen molar-refractivity contribution in [3.8, 4) is 17.0 Å². The van der Waals surface area contributed by atoms with E-state index in [1.807, 2.05) is 4.90 Å². The number of nitrogens with zero attached hydrogens (tertiary/aromatic N) is 3. The van der Waals surface area contributed by atoms with Crippen LogP contribution in [-0.2, 0) is 27.5 Å². The lowest BCUT2D eigenvalue weighted by atomic mass is 10.0. The lowest BCUT2D eigenvalue weighted by molar-refractivity contribution is -0.136. The summed E-state index contributed by atoms with van der Waals surface area (Å²) in [6, 6.07) is 4.13. The minimum absolute atomic E-state index is 0.0338. The fraction of sp³-hybridized carbons (Fsp3) is 0.333. The molecule has 13 heteroatoms. The number of imide groups is 1. The molecule has 2 fully saturated rings. The molecule has 3 aliphatic heterocycles. The van der Waals surface area contributed by atoms with E-state index in [2.05, 4.69) is 10.3 Å². The maximum absolute atomic E-state index is 15.1. The number of halogens is 3. The number of amides is 3. The quantitative estimate of drug-likeness (QED) is 0.452. The predicted octanol–water partition coefficient (Wildman–Crippen LogP) is 3.40. The van der Waals surface area contributed by atoms with Gasteiger partial charge < -0.3 is 19.3 Å². The van der Waals surface area contributed by atoms with Crippen LogP contribution in [0.1, 0.15) is 34.3 Å². The summed E-state index contributed by atoms with van der Waals surface area (Å²) in [6.45, 7) is 2.13. The number of rotatable bonds is 6. The Hall–Kier alpha value is -3.97. The number of nitrogens with one attached hydrogen (secondary N) is 1. The van der Waals surface area contributed by atoms with E-state index in [4.69, 9.17) is 9.47 Å². The molecule has 0 bridgehead atoms. The summed E-state index contributed by atoms with van der Waals surface area (Å²) in [5, 5.41) is 4.66. The highest BCUT2D eigenvalue weighted by Gasteiger charge is 2.40. The Kier molecular flexibility index (Phi) is 6.92. The Morgan fingerprint density at radius 2 is 1.90 bits per heavy atom. The fourth-order valence-electron chi connectivity index (χ4n) is 5.12. The summed E-state index contributed by atoms with van der Waals surface area (Å²) in [5.74, 6) is -5.14. The number of carbonyl (C=O) groups excluding carboxylic acids is 3. The second-order valence-corrected chi connectivity index (χ2v) is 10.5. The van der Waals surface area contributed by atoms with Gasteiger partial charge in [-0.2, -0.15) is 4.39 Å². The molecule has 1 atom stereocenters. The van der Waals surface area contributed by atoms with Gasteiger partial charge in [0.05, 0.1) is 24.5 Å². The van der Waals surface area contributed by atoms with E-state index in [0.717, 1.165) is 17.3 Å². The number of thiazole rings is 1. The maximum Gasteiger partial charge on any atom is 0.258 e. The number of aromatic nitrogens is 1. The second kappa shape index (κ2) is 10.5. The summed E-state index contributed by atoms with van der Waals surface area (Å²) >= 11 is 1.37. The molecule has 1 N–H and O–H groups in total. The predicted molar refractivity (Wildman–Crippen MR) is 137 cm³/mol. The standard InChI is InChI=1S/C27H23F3N4O5S/c28-17-2-1-16(19-13-40-27(31-19)33-5-7-38-8-6-33)24(23(17)30)39-12-14-9-15-11-34(26(37)22(15)18(29)10-14)20-3-4-21(35)32-25(20)36/h1-2,9-10,13,20H,3-8,11-12H2,(H,32,35,36). The van der Waals surface area contributed by atoms with Crippen LogP contribution in [0.5, 0.6) is 5.75 Å². The van der Waals surface area contributed by atoms with Crippen molar-refractivity contribution in [1.82, 2.24) is 15.2 Å². The van der Waals surface area contributed by atoms with Crippen LogP contribution in [0.4, 0.5) is 18.3 Å². The van der Waals surface area contributed by atoms with Crippen LogP contribution in [-0.4, -0.2) is 60.0 Å². The molecule has 3 aromatic rings. The third-order valence-corrected chi connectivity index (χ3v) is 8.02. The van der Waals surface area contributed by atoms with Crippen molar-refractivity contribution >= 4 is 34.2 Å². The summed E-state index contributed by atoms with van der Waals surface area (Å²) in [6.07, 6.45) is 0.222. The first kappa shape index (κ1) is 26.3. The highest BCUT2D eigenvalue weighted by Crippen LogP contribution is 2.37. The van der Waals surface area contributed by atoms with Crippen LogP contribution in [0.25, 0.3) is 11.3 Å². The van der Waals surface area contributed by atoms with Crippen molar-refractivity contribution in [1.29, 1.82) is 0 Å². The summed E-state index contributed by atoms with van der Waals surface area (Å²) in [7, 11) is 0. The number of morpholine rings is 1. The first-order valence-corrected chi connectivity index (χ1v) is 13.5. The number of fused-ring (bicyclic) bond motifs is 1. The van der Waals surface area contributed by atoms with Gasteiger partial charge in [0.1, 0.15) is 18.5 Å². The molecule has 40 heavy (non-hydrogen) atoms. The molecule has 1 unspecified atom stereocenters. The summed E-state index contributed by atoms with van der Waals surface area (Å²) < 4.78 is 55.3. The summed E-state index contributed by atoms with van der Waals surface area (Å²) in [4.78, 5) is 44.6. The smallest absolute Gasteiger partial charge is 0.258 e. The molecule has 0 aliphatic carbocycles. The SMILES string of the molecule is O=C1CCC(N2Cc3cc(COc4c(-c5csc(N6CCOCC6)n5)ccc(F)c4F)cc(F)c3C2=O)C(=O)N1. The van der Waals surface area contributed by atoms with E-state index in [0.29, 0.717) is 37.6 Å². The highest BCUT2D eigenvalue weighted by molar-refractivity contribution is 7.14. The van der Waals surface area contributed by atoms with Crippen molar-refractivity contribution in [3.05, 3.63) is 63.8 Å². The number of piperidine rings is 1. The van der Waals surface area contributed by atoms with Crippen molar-refractivity contribution in [2.45, 2.75) is 32.0 Å². The second-order valence-electron chi connectivity index (χ2n) is 9.65. The number of benzene rings is 2. The molecule has 208 valence electrons. The largest absolute Gasteiger partial charge is 0.485 e. The zero-order valence-electron chi connectivity index (χ0n) is 21.0. The third kappa shape index (κ3) is 4.79. The Balaban J connectivity index is 1.23. The fourth-order valence-corrected chi connectivity index (χ4v) is 6.00. The van der Waals surface area contributed by atoms with Crippen molar-refractivity contribution in [2.24, 2.45) is 0 Å². The van der Waals surface area contributed by atoms with Gasteiger partial charge in [0.15, 0.2) is 16.7 Å². The first-order valence-electron chi connectivity index (χ1n) is 12.7. The molecule has 2 aromatic carbocycles. The van der Waals surface area contributed by atoms with E-state index in [9.17, 15) is 23.2 Å². The third-order valence-electron chi connectivity index (χ3n) is 7.12. The minimum Gasteiger partial charge on any atom is -0.485 e. The van der Waals surface area contributed by atoms with Gasteiger partial charge in [-0.15, -0.1) is 11.3 Å². The Morgan fingerprint density at radius 3 is 2.67 bits per heavy atom. The van der Waals surface area contributed by atoms with Crippen LogP contribution in [0, 0.1) is 17.5 Å². The maximum atomic E-state index is 15.1. The van der Waals surface area contributed by atoms with E-state index in [1.54, 1.807) is 11.4 Å². The first-order chi connectivity index (χ1) is 19.3. The van der Waals surface area contributed by atoms with Gasteiger partial charge in [0.2, 0.25) is 17.6 Å². The van der Waals surface area contributed by atoms with Crippen LogP contribution >= 0.6 is 11.3 Å². The molecular weight excluding hydrogens is 549 g/mol. The highest BCUT2D eigenvalue weighted by atomic mass is 32.1. The average molecular weight is 573 g/mol. The molecule has 0 radical (unpaired) electrons. The molecule has 0 saturated carbocycles. The monoisotopic (exact) mass is 572 g/mol. The van der Waals surface area contributed by atoms with Gasteiger partial charge in [-0.1, -0.05) is 0 Å². The number of hydrogen-bond acceptors (Lipinski definition) is 8. The van der Waals surface area contributed by atoms with Crippen molar-refractivity contribution in [2.75, 3.05) is 31.2 Å². The lowest BCUT2D eigenvalue weighted by Crippen LogP contribution is -2.52. The number of ether oxygens (including phenoxy) is 2. The van der Waals surface area contributed by atoms with E-state index >= 15 is 4.39 Å². The molecule has 4 heterocycles. The van der Waals surface area contributed by atoms with Crippen LogP contribution in [0.2, 0.25) is 0 Å². The molecule has 0 spiro atoms. The topological polar surface area (TPSA) is 101 Å². The zero-order valence-corrected chi connectivity index (χ0v) is 21.9. The minimum atomic E-state index is -1.20. The molecule has 3 amide bonds. The molecule has 1 aromatic heterocycles. The zero-order chi connectivity index (χ0) is 28.0. The van der Waals surface area contributed by atoms with E-state index < -0.39 is 41.2 Å². The van der Waals surface area contributed by atoms with Crippen LogP contribution in [0.15, 0.2) is 29.6 Å². The van der Waals surface area contributed by atoms with E-state index in [1.165, 1.54) is 22.3 Å². The van der Waals surface area contributed by atoms with Gasteiger partial charge in [-0.05, 0) is 41.8 Å². The van der Waals surface area contributed by atoms with Gasteiger partial charge in [-0.3, -0.25) is 19.7 Å². The number of carbonyl (C=O) groups is 3. The molecule has 9 nitrogen and oxygen atoms in total. The van der Waals surface area contributed by atoms with Crippen LogP contribution < -0.4 is 15.0 Å².